The van der Waals surface area contributed by atoms with E-state index in [1.165, 1.54) is 21.9 Å². The molecule has 0 spiro atoms. The lowest BCUT2D eigenvalue weighted by Gasteiger charge is -2.05. The van der Waals surface area contributed by atoms with Crippen LogP contribution in [0.4, 0.5) is 0 Å². The van der Waals surface area contributed by atoms with Crippen molar-refractivity contribution >= 4 is 22.3 Å². The van der Waals surface area contributed by atoms with E-state index in [9.17, 15) is 4.79 Å². The highest BCUT2D eigenvalue weighted by atomic mass is 16.5. The van der Waals surface area contributed by atoms with E-state index in [0.717, 1.165) is 11.1 Å². The molecule has 19 heavy (non-hydrogen) atoms. The van der Waals surface area contributed by atoms with Crippen LogP contribution in [0.15, 0.2) is 42.0 Å². The van der Waals surface area contributed by atoms with Crippen LogP contribution in [0.25, 0.3) is 16.3 Å². The van der Waals surface area contributed by atoms with Gasteiger partial charge in [-0.2, -0.15) is 0 Å². The minimum atomic E-state index is -0.180. The Kier molecular flexibility index (Phi) is 2.86. The normalized spacial score (nSPS) is 13.8. The minimum Gasteiger partial charge on any atom is -0.463 e. The average molecular weight is 252 g/mol. The number of benzene rings is 2. The number of carbonyl (C=O) groups excluding carboxylic acids is 1. The van der Waals surface area contributed by atoms with Crippen LogP contribution in [0.2, 0.25) is 0 Å². The number of rotatable bonds is 2. The molecule has 2 nitrogen and oxygen atoms in total. The standard InChI is InChI=1S/C17H16O2/c1-3-19-17(18)15-10-16-13(11(15)2)9-8-12-6-4-5-7-14(12)16/h4-9H,3,10H2,1-2H3. The summed E-state index contributed by atoms with van der Waals surface area (Å²) in [5.41, 5.74) is 4.29. The molecule has 1 aliphatic carbocycles. The second-order valence-corrected chi connectivity index (χ2v) is 4.81. The molecule has 0 bridgehead atoms. The highest BCUT2D eigenvalue weighted by Gasteiger charge is 2.25. The topological polar surface area (TPSA) is 26.3 Å². The second-order valence-electron chi connectivity index (χ2n) is 4.81. The lowest BCUT2D eigenvalue weighted by Crippen LogP contribution is -2.08. The summed E-state index contributed by atoms with van der Waals surface area (Å²) < 4.78 is 5.14. The van der Waals surface area contributed by atoms with E-state index in [1.807, 2.05) is 26.0 Å². The van der Waals surface area contributed by atoms with Gasteiger partial charge in [0.05, 0.1) is 6.61 Å². The SMILES string of the molecule is CCOC(=O)C1=C(C)c2ccc3ccccc3c2C1. The Hall–Kier alpha value is -2.09. The van der Waals surface area contributed by atoms with Crippen molar-refractivity contribution in [1.82, 2.24) is 0 Å². The van der Waals surface area contributed by atoms with Crippen molar-refractivity contribution in [2.45, 2.75) is 20.3 Å². The molecule has 3 rings (SSSR count). The van der Waals surface area contributed by atoms with E-state index >= 15 is 0 Å². The fourth-order valence-electron chi connectivity index (χ4n) is 2.79. The molecule has 0 aromatic heterocycles. The van der Waals surface area contributed by atoms with Gasteiger partial charge in [0.15, 0.2) is 0 Å². The number of hydrogen-bond donors (Lipinski definition) is 0. The maximum absolute atomic E-state index is 12.0. The number of esters is 1. The number of fused-ring (bicyclic) bond motifs is 3. The molecule has 0 aliphatic heterocycles. The van der Waals surface area contributed by atoms with E-state index in [1.54, 1.807) is 0 Å². The van der Waals surface area contributed by atoms with Crippen LogP contribution in [-0.2, 0) is 16.0 Å². The van der Waals surface area contributed by atoms with Crippen molar-refractivity contribution in [3.63, 3.8) is 0 Å². The second kappa shape index (κ2) is 4.54. The molecule has 0 fully saturated rings. The van der Waals surface area contributed by atoms with Crippen molar-refractivity contribution in [1.29, 1.82) is 0 Å². The predicted octanol–water partition coefficient (Wildman–Crippen LogP) is 3.73. The highest BCUT2D eigenvalue weighted by Crippen LogP contribution is 2.37. The van der Waals surface area contributed by atoms with Gasteiger partial charge in [-0.15, -0.1) is 0 Å². The molecular weight excluding hydrogens is 236 g/mol. The van der Waals surface area contributed by atoms with Crippen LogP contribution < -0.4 is 0 Å². The Balaban J connectivity index is 2.11. The molecule has 0 unspecified atom stereocenters. The summed E-state index contributed by atoms with van der Waals surface area (Å²) >= 11 is 0. The van der Waals surface area contributed by atoms with Crippen LogP contribution in [0, 0.1) is 0 Å². The van der Waals surface area contributed by atoms with Gasteiger partial charge >= 0.3 is 5.97 Å². The number of hydrogen-bond acceptors (Lipinski definition) is 2. The van der Waals surface area contributed by atoms with Crippen LogP contribution in [0.1, 0.15) is 25.0 Å². The smallest absolute Gasteiger partial charge is 0.334 e. The fourth-order valence-corrected chi connectivity index (χ4v) is 2.79. The molecule has 0 saturated carbocycles. The number of carbonyl (C=O) groups is 1. The minimum absolute atomic E-state index is 0.180. The van der Waals surface area contributed by atoms with Crippen molar-refractivity contribution in [2.75, 3.05) is 6.61 Å². The van der Waals surface area contributed by atoms with Gasteiger partial charge in [-0.25, -0.2) is 4.79 Å². The van der Waals surface area contributed by atoms with Gasteiger partial charge in [0.25, 0.3) is 0 Å². The average Bonchev–Trinajstić information content (AvgIpc) is 2.77. The molecule has 0 heterocycles. The predicted molar refractivity (Wildman–Crippen MR) is 76.9 cm³/mol. The van der Waals surface area contributed by atoms with Gasteiger partial charge in [-0.1, -0.05) is 36.4 Å². The maximum atomic E-state index is 12.0. The Bertz CT molecular complexity index is 695. The summed E-state index contributed by atoms with van der Waals surface area (Å²) in [6.45, 7) is 4.27. The Morgan fingerprint density at radius 1 is 1.21 bits per heavy atom. The van der Waals surface area contributed by atoms with Gasteiger partial charge < -0.3 is 4.74 Å². The van der Waals surface area contributed by atoms with Crippen LogP contribution in [-0.4, -0.2) is 12.6 Å². The number of allylic oxidation sites excluding steroid dienone is 1. The lowest BCUT2D eigenvalue weighted by molar-refractivity contribution is -0.138. The molecule has 0 radical (unpaired) electrons. The van der Waals surface area contributed by atoms with Crippen molar-refractivity contribution < 1.29 is 9.53 Å². The monoisotopic (exact) mass is 252 g/mol. The summed E-state index contributed by atoms with van der Waals surface area (Å²) in [7, 11) is 0. The van der Waals surface area contributed by atoms with E-state index in [0.29, 0.717) is 13.0 Å². The van der Waals surface area contributed by atoms with Gasteiger partial charge in [-0.3, -0.25) is 0 Å². The van der Waals surface area contributed by atoms with Gasteiger partial charge in [0.2, 0.25) is 0 Å². The summed E-state index contributed by atoms with van der Waals surface area (Å²) in [4.78, 5) is 12.0. The first-order valence-corrected chi connectivity index (χ1v) is 6.60. The molecule has 0 amide bonds. The molecule has 1 aliphatic rings. The van der Waals surface area contributed by atoms with Gasteiger partial charge in [-0.05, 0) is 41.3 Å². The zero-order chi connectivity index (χ0) is 13.4. The maximum Gasteiger partial charge on any atom is 0.334 e. The molecule has 2 aromatic carbocycles. The first-order valence-electron chi connectivity index (χ1n) is 6.60. The fraction of sp³-hybridized carbons (Fsp3) is 0.235. The van der Waals surface area contributed by atoms with Crippen molar-refractivity contribution in [3.8, 4) is 0 Å². The third-order valence-corrected chi connectivity index (χ3v) is 3.77. The quantitative estimate of drug-likeness (QED) is 0.761. The first-order chi connectivity index (χ1) is 9.22. The molecule has 0 saturated heterocycles. The molecule has 0 atom stereocenters. The largest absolute Gasteiger partial charge is 0.463 e. The Morgan fingerprint density at radius 3 is 2.79 bits per heavy atom. The summed E-state index contributed by atoms with van der Waals surface area (Å²) in [6, 6.07) is 12.5. The van der Waals surface area contributed by atoms with Crippen molar-refractivity contribution in [2.24, 2.45) is 0 Å². The lowest BCUT2D eigenvalue weighted by atomic mass is 9.99. The zero-order valence-corrected chi connectivity index (χ0v) is 11.2. The van der Waals surface area contributed by atoms with E-state index in [4.69, 9.17) is 4.74 Å². The van der Waals surface area contributed by atoms with Crippen LogP contribution >= 0.6 is 0 Å². The molecule has 2 heteroatoms. The Morgan fingerprint density at radius 2 is 2.00 bits per heavy atom. The molecule has 96 valence electrons. The Labute approximate surface area is 112 Å². The van der Waals surface area contributed by atoms with Crippen LogP contribution in [0.3, 0.4) is 0 Å². The van der Waals surface area contributed by atoms with E-state index in [-0.39, 0.29) is 5.97 Å². The molecule has 0 N–H and O–H groups in total. The van der Waals surface area contributed by atoms with Gasteiger partial charge in [0, 0.05) is 12.0 Å². The summed E-state index contributed by atoms with van der Waals surface area (Å²) in [6.07, 6.45) is 0.682. The third kappa shape index (κ3) is 1.84. The highest BCUT2D eigenvalue weighted by molar-refractivity contribution is 6.04. The van der Waals surface area contributed by atoms with Gasteiger partial charge in [0.1, 0.15) is 0 Å². The molecular formula is C17H16O2. The summed E-state index contributed by atoms with van der Waals surface area (Å²) in [5, 5.41) is 2.46. The number of ether oxygens (including phenoxy) is 1. The zero-order valence-electron chi connectivity index (χ0n) is 11.2. The summed E-state index contributed by atoms with van der Waals surface area (Å²) in [5.74, 6) is -0.180. The molecule has 2 aromatic rings. The van der Waals surface area contributed by atoms with E-state index in [2.05, 4.69) is 24.3 Å². The van der Waals surface area contributed by atoms with E-state index < -0.39 is 0 Å². The third-order valence-electron chi connectivity index (χ3n) is 3.77. The van der Waals surface area contributed by atoms with Crippen molar-refractivity contribution in [3.05, 3.63) is 53.1 Å². The first kappa shape index (κ1) is 12.0. The van der Waals surface area contributed by atoms with Crippen LogP contribution in [0.5, 0.6) is 0 Å².